The summed E-state index contributed by atoms with van der Waals surface area (Å²) < 4.78 is 18.0. The first-order valence-electron chi connectivity index (χ1n) is 11.3. The van der Waals surface area contributed by atoms with E-state index >= 15 is 0 Å². The van der Waals surface area contributed by atoms with Gasteiger partial charge in [-0.05, 0) is 63.6 Å². The summed E-state index contributed by atoms with van der Waals surface area (Å²) >= 11 is 0. The lowest BCUT2D eigenvalue weighted by Crippen LogP contribution is -2.36. The van der Waals surface area contributed by atoms with E-state index in [1.165, 1.54) is 7.11 Å². The van der Waals surface area contributed by atoms with E-state index in [2.05, 4.69) is 15.7 Å². The number of hydrogen-bond donors (Lipinski definition) is 2. The number of benzene rings is 2. The number of methoxy groups -OCH3 is 3. The highest BCUT2D eigenvalue weighted by atomic mass is 16.5. The van der Waals surface area contributed by atoms with Crippen molar-refractivity contribution in [2.75, 3.05) is 26.6 Å². The second kappa shape index (κ2) is 11.4. The Kier molecular flexibility index (Phi) is 8.35. The van der Waals surface area contributed by atoms with Crippen LogP contribution in [0.25, 0.3) is 0 Å². The van der Waals surface area contributed by atoms with Gasteiger partial charge in [0, 0.05) is 23.4 Å². The summed E-state index contributed by atoms with van der Waals surface area (Å²) in [5.74, 6) is 1.58. The third kappa shape index (κ3) is 5.92. The first kappa shape index (κ1) is 25.6. The van der Waals surface area contributed by atoms with E-state index < -0.39 is 0 Å². The highest BCUT2D eigenvalue weighted by Crippen LogP contribution is 2.28. The molecule has 35 heavy (non-hydrogen) atoms. The van der Waals surface area contributed by atoms with Gasteiger partial charge in [0.25, 0.3) is 5.91 Å². The number of aryl methyl sites for hydroxylation is 3. The molecule has 0 aliphatic rings. The molecule has 3 aromatic rings. The lowest BCUT2D eigenvalue weighted by Gasteiger charge is -2.16. The van der Waals surface area contributed by atoms with Gasteiger partial charge in [0.1, 0.15) is 5.75 Å². The summed E-state index contributed by atoms with van der Waals surface area (Å²) in [5, 5.41) is 10.7. The molecule has 1 aromatic heterocycles. The largest absolute Gasteiger partial charge is 0.495 e. The van der Waals surface area contributed by atoms with Crippen molar-refractivity contribution in [3.05, 3.63) is 64.5 Å². The zero-order chi connectivity index (χ0) is 25.5. The van der Waals surface area contributed by atoms with Crippen LogP contribution < -0.4 is 24.8 Å². The van der Waals surface area contributed by atoms with Crippen LogP contribution in [0.15, 0.2) is 41.4 Å². The van der Waals surface area contributed by atoms with Crippen LogP contribution in [0.4, 0.5) is 5.69 Å². The number of rotatable bonds is 8. The molecule has 0 aliphatic carbocycles. The monoisotopic (exact) mass is 479 g/mol. The molecule has 0 spiro atoms. The fourth-order valence-electron chi connectivity index (χ4n) is 3.74. The number of carbonyl (C=O) groups excluding carboxylic acids is 1. The Labute approximate surface area is 206 Å². The van der Waals surface area contributed by atoms with Crippen LogP contribution in [-0.2, 0) is 13.1 Å². The minimum absolute atomic E-state index is 0.289. The molecule has 0 bridgehead atoms. The fraction of sp³-hybridized carbons (Fsp3) is 0.346. The zero-order valence-electron chi connectivity index (χ0n) is 21.4. The summed E-state index contributed by atoms with van der Waals surface area (Å²) in [6, 6.07) is 10.7. The molecular formula is C26H33N5O4. The predicted molar refractivity (Wildman–Crippen MR) is 137 cm³/mol. The molecule has 0 fully saturated rings. The third-order valence-corrected chi connectivity index (χ3v) is 5.71. The molecule has 0 unspecified atom stereocenters. The minimum Gasteiger partial charge on any atom is -0.495 e. The summed E-state index contributed by atoms with van der Waals surface area (Å²) in [6.45, 7) is 9.14. The lowest BCUT2D eigenvalue weighted by molar-refractivity contribution is 0.0976. The fourth-order valence-corrected chi connectivity index (χ4v) is 3.74. The number of carbonyl (C=O) groups is 1. The zero-order valence-corrected chi connectivity index (χ0v) is 21.4. The van der Waals surface area contributed by atoms with E-state index in [4.69, 9.17) is 19.2 Å². The maximum atomic E-state index is 13.2. The molecule has 2 aromatic carbocycles. The van der Waals surface area contributed by atoms with Crippen LogP contribution >= 0.6 is 0 Å². The standard InChI is InChI=1S/C26H33N5O4/c1-8-31-18(4)20(17(3)30-31)15-27-26(28-21-13-16(2)9-11-22(21)33-5)29-25(32)19-10-12-23(34-6)24(14-19)35-7/h9-14H,8,15H2,1-7H3,(H2,27,28,29,32). The van der Waals surface area contributed by atoms with Crippen LogP contribution in [0, 0.1) is 20.8 Å². The van der Waals surface area contributed by atoms with Gasteiger partial charge in [-0.15, -0.1) is 0 Å². The maximum absolute atomic E-state index is 13.2. The predicted octanol–water partition coefficient (Wildman–Crippen LogP) is 4.25. The van der Waals surface area contributed by atoms with Crippen molar-refractivity contribution < 1.29 is 19.0 Å². The van der Waals surface area contributed by atoms with Crippen LogP contribution in [0.1, 0.15) is 39.8 Å². The Morgan fingerprint density at radius 2 is 1.66 bits per heavy atom. The third-order valence-electron chi connectivity index (χ3n) is 5.71. The maximum Gasteiger partial charge on any atom is 0.258 e. The number of nitrogens with zero attached hydrogens (tertiary/aromatic N) is 3. The number of amides is 1. The summed E-state index contributed by atoms with van der Waals surface area (Å²) in [6.07, 6.45) is 0. The average molecular weight is 480 g/mol. The summed E-state index contributed by atoms with van der Waals surface area (Å²) in [4.78, 5) is 17.9. The van der Waals surface area contributed by atoms with Gasteiger partial charge >= 0.3 is 0 Å². The Balaban J connectivity index is 1.95. The normalized spacial score (nSPS) is 11.2. The molecule has 1 amide bonds. The van der Waals surface area contributed by atoms with Crippen molar-refractivity contribution in [3.8, 4) is 17.2 Å². The van der Waals surface area contributed by atoms with Gasteiger partial charge in [-0.2, -0.15) is 5.10 Å². The lowest BCUT2D eigenvalue weighted by atomic mass is 10.2. The van der Waals surface area contributed by atoms with Crippen molar-refractivity contribution in [2.24, 2.45) is 4.99 Å². The van der Waals surface area contributed by atoms with Crippen molar-refractivity contribution in [1.29, 1.82) is 0 Å². The van der Waals surface area contributed by atoms with Gasteiger partial charge in [-0.3, -0.25) is 14.8 Å². The molecule has 0 saturated heterocycles. The van der Waals surface area contributed by atoms with Gasteiger partial charge < -0.3 is 19.5 Å². The number of ether oxygens (including phenoxy) is 3. The molecule has 0 radical (unpaired) electrons. The number of anilines is 1. The molecule has 0 atom stereocenters. The van der Waals surface area contributed by atoms with Gasteiger partial charge in [0.15, 0.2) is 11.5 Å². The number of aliphatic imine (C=N–C) groups is 1. The van der Waals surface area contributed by atoms with Crippen molar-refractivity contribution in [2.45, 2.75) is 40.8 Å². The van der Waals surface area contributed by atoms with E-state index in [1.54, 1.807) is 32.4 Å². The van der Waals surface area contributed by atoms with Crippen LogP contribution in [-0.4, -0.2) is 43.0 Å². The van der Waals surface area contributed by atoms with Gasteiger partial charge in [0.05, 0.1) is 39.3 Å². The molecule has 9 nitrogen and oxygen atoms in total. The second-order valence-electron chi connectivity index (χ2n) is 7.98. The first-order valence-corrected chi connectivity index (χ1v) is 11.3. The van der Waals surface area contributed by atoms with Crippen LogP contribution in [0.2, 0.25) is 0 Å². The summed E-state index contributed by atoms with van der Waals surface area (Å²) in [7, 11) is 4.67. The average Bonchev–Trinajstić information content (AvgIpc) is 3.14. The van der Waals surface area contributed by atoms with Crippen molar-refractivity contribution in [1.82, 2.24) is 15.1 Å². The molecule has 1 heterocycles. The summed E-state index contributed by atoms with van der Waals surface area (Å²) in [5.41, 5.74) is 5.10. The van der Waals surface area contributed by atoms with Gasteiger partial charge in [0.2, 0.25) is 5.96 Å². The van der Waals surface area contributed by atoms with E-state index in [9.17, 15) is 4.79 Å². The first-order chi connectivity index (χ1) is 16.8. The Morgan fingerprint density at radius 1 is 0.971 bits per heavy atom. The highest BCUT2D eigenvalue weighted by Gasteiger charge is 2.16. The van der Waals surface area contributed by atoms with E-state index in [0.717, 1.165) is 29.1 Å². The number of nitrogens with one attached hydrogen (secondary N) is 2. The van der Waals surface area contributed by atoms with E-state index in [0.29, 0.717) is 35.0 Å². The Hall–Kier alpha value is -4.01. The number of aromatic nitrogens is 2. The number of hydrogen-bond acceptors (Lipinski definition) is 6. The quantitative estimate of drug-likeness (QED) is 0.370. The van der Waals surface area contributed by atoms with E-state index in [-0.39, 0.29) is 11.9 Å². The molecular weight excluding hydrogens is 446 g/mol. The molecule has 9 heteroatoms. The molecule has 0 saturated carbocycles. The highest BCUT2D eigenvalue weighted by molar-refractivity contribution is 6.10. The molecule has 2 N–H and O–H groups in total. The SMILES string of the molecule is CCn1nc(C)c(CN=C(NC(=O)c2ccc(OC)c(OC)c2)Nc2cc(C)ccc2OC)c1C. The Morgan fingerprint density at radius 3 is 2.29 bits per heavy atom. The van der Waals surface area contributed by atoms with Crippen molar-refractivity contribution in [3.63, 3.8) is 0 Å². The van der Waals surface area contributed by atoms with Crippen LogP contribution in [0.3, 0.4) is 0 Å². The van der Waals surface area contributed by atoms with Gasteiger partial charge in [-0.1, -0.05) is 6.07 Å². The smallest absolute Gasteiger partial charge is 0.258 e. The van der Waals surface area contributed by atoms with E-state index in [1.807, 2.05) is 50.6 Å². The molecule has 186 valence electrons. The number of guanidine groups is 1. The Bertz CT molecular complexity index is 1230. The van der Waals surface area contributed by atoms with Crippen LogP contribution in [0.5, 0.6) is 17.2 Å². The second-order valence-corrected chi connectivity index (χ2v) is 7.98. The van der Waals surface area contributed by atoms with Gasteiger partial charge in [-0.25, -0.2) is 4.99 Å². The topological polar surface area (TPSA) is 99.0 Å². The molecule has 0 aliphatic heterocycles. The minimum atomic E-state index is -0.346. The van der Waals surface area contributed by atoms with Crippen molar-refractivity contribution >= 4 is 17.6 Å². The molecule has 3 rings (SSSR count).